The number of aliphatic hydroxyl groups is 1. The van der Waals surface area contributed by atoms with E-state index >= 15 is 0 Å². The minimum absolute atomic E-state index is 0.0117. The quantitative estimate of drug-likeness (QED) is 0.675. The lowest BCUT2D eigenvalue weighted by Crippen LogP contribution is -2.55. The maximum absolute atomic E-state index is 12.6. The molecule has 0 aromatic rings. The molecule has 8 heteroatoms. The van der Waals surface area contributed by atoms with Gasteiger partial charge in [-0.1, -0.05) is 0 Å². The Morgan fingerprint density at radius 3 is 2.48 bits per heavy atom. The van der Waals surface area contributed by atoms with E-state index in [1.54, 1.807) is 0 Å². The molecule has 0 aromatic heterocycles. The van der Waals surface area contributed by atoms with E-state index in [9.17, 15) is 19.5 Å². The molecule has 0 aromatic carbocycles. The van der Waals surface area contributed by atoms with E-state index in [4.69, 9.17) is 9.84 Å². The molecule has 8 nitrogen and oxygen atoms in total. The first-order valence-electron chi connectivity index (χ1n) is 7.01. The summed E-state index contributed by atoms with van der Waals surface area (Å²) in [5.41, 5.74) is 0. The number of carbonyl (C=O) groups excluding carboxylic acids is 2. The van der Waals surface area contributed by atoms with Crippen LogP contribution in [0.1, 0.15) is 25.7 Å². The third kappa shape index (κ3) is 3.10. The van der Waals surface area contributed by atoms with E-state index in [0.29, 0.717) is 13.0 Å². The molecule has 2 aliphatic rings. The summed E-state index contributed by atoms with van der Waals surface area (Å²) >= 11 is 0. The Kier molecular flexibility index (Phi) is 4.66. The fourth-order valence-electron chi connectivity index (χ4n) is 2.97. The molecular weight excluding hydrogens is 280 g/mol. The Morgan fingerprint density at radius 2 is 1.86 bits per heavy atom. The Bertz CT molecular complexity index is 440. The number of carboxylic acid groups (broad SMARTS) is 1. The van der Waals surface area contributed by atoms with Crippen molar-refractivity contribution >= 4 is 18.0 Å². The molecule has 118 valence electrons. The van der Waals surface area contributed by atoms with Crippen LogP contribution < -0.4 is 0 Å². The molecule has 2 rings (SSSR count). The van der Waals surface area contributed by atoms with Gasteiger partial charge in [-0.05, 0) is 19.3 Å². The SMILES string of the molecule is COC(=O)C1CCCCN1C(=O)N1CC(O)C[C@H]1C(=O)O. The number of β-amino-alcohol motifs (C(OH)–C–C–N with tert-alkyl or cyclic N) is 1. The molecule has 0 aliphatic carbocycles. The number of piperidine rings is 1. The predicted octanol–water partition coefficient (Wildman–Crippen LogP) is -0.346. The molecule has 21 heavy (non-hydrogen) atoms. The highest BCUT2D eigenvalue weighted by molar-refractivity contribution is 5.87. The van der Waals surface area contributed by atoms with Gasteiger partial charge >= 0.3 is 18.0 Å². The van der Waals surface area contributed by atoms with E-state index in [2.05, 4.69) is 0 Å². The van der Waals surface area contributed by atoms with Gasteiger partial charge in [0.2, 0.25) is 0 Å². The molecule has 0 spiro atoms. The summed E-state index contributed by atoms with van der Waals surface area (Å²) in [7, 11) is 1.26. The van der Waals surface area contributed by atoms with Crippen molar-refractivity contribution in [1.82, 2.24) is 9.80 Å². The summed E-state index contributed by atoms with van der Waals surface area (Å²) in [6.07, 6.45) is 1.24. The van der Waals surface area contributed by atoms with Crippen molar-refractivity contribution in [3.63, 3.8) is 0 Å². The second-order valence-corrected chi connectivity index (χ2v) is 5.41. The van der Waals surface area contributed by atoms with Crippen LogP contribution in [0.5, 0.6) is 0 Å². The summed E-state index contributed by atoms with van der Waals surface area (Å²) in [6.45, 7) is 0.359. The van der Waals surface area contributed by atoms with Crippen molar-refractivity contribution in [3.05, 3.63) is 0 Å². The number of hydrogen-bond donors (Lipinski definition) is 2. The number of rotatable bonds is 2. The summed E-state index contributed by atoms with van der Waals surface area (Å²) in [5, 5.41) is 18.8. The number of urea groups is 1. The van der Waals surface area contributed by atoms with Crippen LogP contribution in [-0.2, 0) is 14.3 Å². The van der Waals surface area contributed by atoms with Crippen LogP contribution in [0.2, 0.25) is 0 Å². The van der Waals surface area contributed by atoms with Gasteiger partial charge in [-0.25, -0.2) is 14.4 Å². The normalized spacial score (nSPS) is 29.3. The predicted molar refractivity (Wildman–Crippen MR) is 70.5 cm³/mol. The van der Waals surface area contributed by atoms with Crippen LogP contribution in [-0.4, -0.2) is 76.4 Å². The fourth-order valence-corrected chi connectivity index (χ4v) is 2.97. The topological polar surface area (TPSA) is 107 Å². The minimum atomic E-state index is -1.15. The maximum atomic E-state index is 12.6. The van der Waals surface area contributed by atoms with E-state index < -0.39 is 36.2 Å². The third-order valence-electron chi connectivity index (χ3n) is 4.03. The van der Waals surface area contributed by atoms with Crippen molar-refractivity contribution in [2.75, 3.05) is 20.2 Å². The summed E-state index contributed by atoms with van der Waals surface area (Å²) in [5.74, 6) is -1.64. The molecule has 2 amide bonds. The first kappa shape index (κ1) is 15.6. The Morgan fingerprint density at radius 1 is 1.14 bits per heavy atom. The van der Waals surface area contributed by atoms with Crippen molar-refractivity contribution in [3.8, 4) is 0 Å². The smallest absolute Gasteiger partial charge is 0.328 e. The molecule has 0 saturated carbocycles. The molecule has 2 N–H and O–H groups in total. The van der Waals surface area contributed by atoms with Crippen LogP contribution in [0.15, 0.2) is 0 Å². The van der Waals surface area contributed by atoms with E-state index in [1.807, 2.05) is 0 Å². The number of amides is 2. The first-order chi connectivity index (χ1) is 9.95. The number of aliphatic carboxylic acids is 1. The van der Waals surface area contributed by atoms with E-state index in [1.165, 1.54) is 12.0 Å². The van der Waals surface area contributed by atoms with Crippen molar-refractivity contribution < 1.29 is 29.3 Å². The van der Waals surface area contributed by atoms with Gasteiger partial charge in [0.1, 0.15) is 12.1 Å². The lowest BCUT2D eigenvalue weighted by Gasteiger charge is -2.37. The van der Waals surface area contributed by atoms with Crippen LogP contribution in [0, 0.1) is 0 Å². The Balaban J connectivity index is 2.16. The average Bonchev–Trinajstić information content (AvgIpc) is 2.88. The maximum Gasteiger partial charge on any atom is 0.328 e. The lowest BCUT2D eigenvalue weighted by atomic mass is 10.0. The molecule has 2 aliphatic heterocycles. The minimum Gasteiger partial charge on any atom is -0.480 e. The largest absolute Gasteiger partial charge is 0.480 e. The van der Waals surface area contributed by atoms with Gasteiger partial charge in [0.25, 0.3) is 0 Å². The Labute approximate surface area is 122 Å². The molecule has 3 atom stereocenters. The molecule has 2 fully saturated rings. The number of esters is 1. The number of aliphatic hydroxyl groups excluding tert-OH is 1. The molecular formula is C13H20N2O6. The van der Waals surface area contributed by atoms with Gasteiger partial charge in [-0.3, -0.25) is 0 Å². The summed E-state index contributed by atoms with van der Waals surface area (Å²) in [4.78, 5) is 38.0. The molecule has 2 unspecified atom stereocenters. The molecule has 2 heterocycles. The monoisotopic (exact) mass is 300 g/mol. The van der Waals surface area contributed by atoms with E-state index in [0.717, 1.165) is 17.7 Å². The highest BCUT2D eigenvalue weighted by Crippen LogP contribution is 2.25. The Hall–Kier alpha value is -1.83. The number of methoxy groups -OCH3 is 1. The second kappa shape index (κ2) is 6.30. The zero-order valence-electron chi connectivity index (χ0n) is 11.9. The number of likely N-dealkylation sites (tertiary alicyclic amines) is 2. The first-order valence-corrected chi connectivity index (χ1v) is 7.01. The second-order valence-electron chi connectivity index (χ2n) is 5.41. The fraction of sp³-hybridized carbons (Fsp3) is 0.769. The van der Waals surface area contributed by atoms with Gasteiger partial charge in [0.15, 0.2) is 0 Å². The van der Waals surface area contributed by atoms with Gasteiger partial charge in [0, 0.05) is 19.5 Å². The van der Waals surface area contributed by atoms with Gasteiger partial charge in [-0.15, -0.1) is 0 Å². The number of nitrogens with zero attached hydrogens (tertiary/aromatic N) is 2. The average molecular weight is 300 g/mol. The summed E-state index contributed by atoms with van der Waals surface area (Å²) in [6, 6.07) is -2.25. The molecule has 2 saturated heterocycles. The van der Waals surface area contributed by atoms with Crippen molar-refractivity contribution in [1.29, 1.82) is 0 Å². The zero-order valence-corrected chi connectivity index (χ0v) is 11.9. The van der Waals surface area contributed by atoms with E-state index in [-0.39, 0.29) is 13.0 Å². The van der Waals surface area contributed by atoms with Gasteiger partial charge < -0.3 is 24.7 Å². The lowest BCUT2D eigenvalue weighted by molar-refractivity contribution is -0.147. The number of carbonyl (C=O) groups is 3. The van der Waals surface area contributed by atoms with Crippen LogP contribution >= 0.6 is 0 Å². The standard InChI is InChI=1S/C13H20N2O6/c1-21-12(19)9-4-2-3-5-14(9)13(20)15-7-8(16)6-10(15)11(17)18/h8-10,16H,2-7H2,1H3,(H,17,18)/t8?,9?,10-/m0/s1. The molecule has 0 radical (unpaired) electrons. The van der Waals surface area contributed by atoms with Gasteiger partial charge in [0.05, 0.1) is 13.2 Å². The number of hydrogen-bond acceptors (Lipinski definition) is 5. The zero-order chi connectivity index (χ0) is 15.6. The highest BCUT2D eigenvalue weighted by atomic mass is 16.5. The number of carboxylic acids is 1. The van der Waals surface area contributed by atoms with Gasteiger partial charge in [-0.2, -0.15) is 0 Å². The van der Waals surface area contributed by atoms with Crippen molar-refractivity contribution in [2.24, 2.45) is 0 Å². The van der Waals surface area contributed by atoms with Crippen LogP contribution in [0.4, 0.5) is 4.79 Å². The number of ether oxygens (including phenoxy) is 1. The van der Waals surface area contributed by atoms with Crippen LogP contribution in [0.3, 0.4) is 0 Å². The molecule has 0 bridgehead atoms. The highest BCUT2D eigenvalue weighted by Gasteiger charge is 2.43. The van der Waals surface area contributed by atoms with Crippen molar-refractivity contribution in [2.45, 2.75) is 43.9 Å². The van der Waals surface area contributed by atoms with Crippen LogP contribution in [0.25, 0.3) is 0 Å². The third-order valence-corrected chi connectivity index (χ3v) is 4.03. The summed E-state index contributed by atoms with van der Waals surface area (Å²) < 4.78 is 4.71.